The highest BCUT2D eigenvalue weighted by molar-refractivity contribution is 7.09. The van der Waals surface area contributed by atoms with E-state index in [0.29, 0.717) is 18.0 Å². The normalized spacial score (nSPS) is 13.5. The number of halogens is 1. The molecule has 1 aromatic rings. The van der Waals surface area contributed by atoms with Gasteiger partial charge in [-0.2, -0.15) is 0 Å². The van der Waals surface area contributed by atoms with Gasteiger partial charge in [-0.05, 0) is 33.7 Å². The third kappa shape index (κ3) is 4.52. The first-order valence-corrected chi connectivity index (χ1v) is 8.27. The van der Waals surface area contributed by atoms with Crippen LogP contribution in [-0.2, 0) is 5.88 Å². The Morgan fingerprint density at radius 2 is 2.06 bits per heavy atom. The van der Waals surface area contributed by atoms with Gasteiger partial charge in [-0.25, -0.2) is 4.98 Å². The van der Waals surface area contributed by atoms with E-state index in [1.54, 1.807) is 11.3 Å². The summed E-state index contributed by atoms with van der Waals surface area (Å²) in [4.78, 5) is 7.14. The van der Waals surface area contributed by atoms with Gasteiger partial charge >= 0.3 is 0 Å². The number of rotatable bonds is 8. The molecule has 0 amide bonds. The molecule has 0 radical (unpaired) electrons. The van der Waals surface area contributed by atoms with E-state index >= 15 is 0 Å². The third-order valence-corrected chi connectivity index (χ3v) is 4.58. The number of thiazole rings is 1. The number of hydrogen-bond donors (Lipinski definition) is 0. The van der Waals surface area contributed by atoms with Crippen LogP contribution in [-0.4, -0.2) is 22.5 Å². The molecule has 0 fully saturated rings. The van der Waals surface area contributed by atoms with Gasteiger partial charge < -0.3 is 0 Å². The van der Waals surface area contributed by atoms with Crippen LogP contribution in [0.1, 0.15) is 63.7 Å². The van der Waals surface area contributed by atoms with Crippen molar-refractivity contribution >= 4 is 22.9 Å². The zero-order valence-electron chi connectivity index (χ0n) is 11.9. The van der Waals surface area contributed by atoms with Crippen molar-refractivity contribution in [1.29, 1.82) is 0 Å². The highest BCUT2D eigenvalue weighted by Crippen LogP contribution is 2.26. The number of hydrogen-bond acceptors (Lipinski definition) is 3. The molecule has 18 heavy (non-hydrogen) atoms. The molecule has 1 unspecified atom stereocenters. The molecular weight excluding hydrogens is 264 g/mol. The molecule has 4 heteroatoms. The molecule has 0 saturated heterocycles. The summed E-state index contributed by atoms with van der Waals surface area (Å²) in [6, 6.07) is 0.948. The lowest BCUT2D eigenvalue weighted by Gasteiger charge is -2.31. The Morgan fingerprint density at radius 1 is 1.33 bits per heavy atom. The second-order valence-corrected chi connectivity index (χ2v) is 6.18. The van der Waals surface area contributed by atoms with E-state index in [2.05, 4.69) is 43.0 Å². The zero-order valence-corrected chi connectivity index (χ0v) is 13.5. The molecule has 0 aliphatic heterocycles. The van der Waals surface area contributed by atoms with Gasteiger partial charge in [-0.15, -0.1) is 22.9 Å². The summed E-state index contributed by atoms with van der Waals surface area (Å²) in [5, 5.41) is 3.26. The van der Waals surface area contributed by atoms with E-state index in [0.717, 1.165) is 12.2 Å². The van der Waals surface area contributed by atoms with Crippen LogP contribution in [0.2, 0.25) is 0 Å². The van der Waals surface area contributed by atoms with Crippen molar-refractivity contribution in [2.24, 2.45) is 0 Å². The molecule has 0 saturated carbocycles. The molecule has 1 rings (SSSR count). The van der Waals surface area contributed by atoms with E-state index in [9.17, 15) is 0 Å². The van der Waals surface area contributed by atoms with Gasteiger partial charge in [0, 0.05) is 11.4 Å². The Kier molecular flexibility index (Phi) is 7.20. The van der Waals surface area contributed by atoms with Crippen molar-refractivity contribution in [2.45, 2.75) is 64.9 Å². The maximum Gasteiger partial charge on any atom is 0.110 e. The lowest BCUT2D eigenvalue weighted by atomic mass is 10.1. The highest BCUT2D eigenvalue weighted by atomic mass is 35.5. The van der Waals surface area contributed by atoms with Crippen LogP contribution < -0.4 is 0 Å². The average Bonchev–Trinajstić information content (AvgIpc) is 2.82. The van der Waals surface area contributed by atoms with E-state index in [1.807, 2.05) is 0 Å². The van der Waals surface area contributed by atoms with E-state index in [1.165, 1.54) is 24.3 Å². The summed E-state index contributed by atoms with van der Waals surface area (Å²) in [6.45, 7) is 10.2. The van der Waals surface area contributed by atoms with Crippen molar-refractivity contribution < 1.29 is 0 Å². The van der Waals surface area contributed by atoms with Gasteiger partial charge in [-0.1, -0.05) is 19.8 Å². The Balaban J connectivity index is 2.66. The van der Waals surface area contributed by atoms with Crippen LogP contribution in [0.4, 0.5) is 0 Å². The summed E-state index contributed by atoms with van der Waals surface area (Å²) in [5.41, 5.74) is 1.00. The second kappa shape index (κ2) is 8.13. The molecule has 0 aromatic carbocycles. The van der Waals surface area contributed by atoms with Gasteiger partial charge in [0.1, 0.15) is 5.01 Å². The molecule has 0 aliphatic rings. The van der Waals surface area contributed by atoms with Crippen molar-refractivity contribution in [3.8, 4) is 0 Å². The van der Waals surface area contributed by atoms with Crippen molar-refractivity contribution in [3.63, 3.8) is 0 Å². The minimum absolute atomic E-state index is 0.392. The summed E-state index contributed by atoms with van der Waals surface area (Å²) >= 11 is 7.55. The number of aromatic nitrogens is 1. The quantitative estimate of drug-likeness (QED) is 0.502. The minimum atomic E-state index is 0.392. The Labute approximate surface area is 120 Å². The fraction of sp³-hybridized carbons (Fsp3) is 0.786. The smallest absolute Gasteiger partial charge is 0.110 e. The van der Waals surface area contributed by atoms with Crippen LogP contribution in [0.25, 0.3) is 0 Å². The van der Waals surface area contributed by atoms with Crippen LogP contribution >= 0.6 is 22.9 Å². The summed E-state index contributed by atoms with van der Waals surface area (Å²) in [5.74, 6) is 0.515. The van der Waals surface area contributed by atoms with E-state index in [4.69, 9.17) is 11.6 Å². The summed E-state index contributed by atoms with van der Waals surface area (Å²) in [7, 11) is 0. The van der Waals surface area contributed by atoms with Crippen molar-refractivity contribution in [2.75, 3.05) is 6.54 Å². The Bertz CT molecular complexity index is 338. The molecule has 1 aromatic heterocycles. The first-order valence-electron chi connectivity index (χ1n) is 6.86. The maximum atomic E-state index is 5.82. The van der Waals surface area contributed by atoms with Crippen molar-refractivity contribution in [1.82, 2.24) is 9.88 Å². The first-order chi connectivity index (χ1) is 8.60. The fourth-order valence-electron chi connectivity index (χ4n) is 2.16. The lowest BCUT2D eigenvalue weighted by Crippen LogP contribution is -2.34. The van der Waals surface area contributed by atoms with Gasteiger partial charge in [0.2, 0.25) is 0 Å². The summed E-state index contributed by atoms with van der Waals surface area (Å²) in [6.07, 6.45) is 3.85. The Hall–Kier alpha value is -0.120. The average molecular weight is 289 g/mol. The van der Waals surface area contributed by atoms with Crippen LogP contribution in [0, 0.1) is 0 Å². The van der Waals surface area contributed by atoms with E-state index < -0.39 is 0 Å². The molecule has 104 valence electrons. The predicted molar refractivity (Wildman–Crippen MR) is 81.5 cm³/mol. The standard InChI is InChI=1S/C14H25ClN2S/c1-5-6-7-8-17(11(2)3)12(4)14-16-13(9-15)10-18-14/h10-12H,5-9H2,1-4H3. The monoisotopic (exact) mass is 288 g/mol. The second-order valence-electron chi connectivity index (χ2n) is 5.03. The van der Waals surface area contributed by atoms with Gasteiger partial charge in [0.05, 0.1) is 17.6 Å². The number of nitrogens with zero attached hydrogens (tertiary/aromatic N) is 2. The predicted octanol–water partition coefficient (Wildman–Crippen LogP) is 4.84. The third-order valence-electron chi connectivity index (χ3n) is 3.24. The van der Waals surface area contributed by atoms with Crippen LogP contribution in [0.15, 0.2) is 5.38 Å². The van der Waals surface area contributed by atoms with E-state index in [-0.39, 0.29) is 0 Å². The SMILES string of the molecule is CCCCCN(C(C)C)C(C)c1nc(CCl)cs1. The van der Waals surface area contributed by atoms with Crippen molar-refractivity contribution in [3.05, 3.63) is 16.1 Å². The van der Waals surface area contributed by atoms with Crippen LogP contribution in [0.5, 0.6) is 0 Å². The number of unbranched alkanes of at least 4 members (excludes halogenated alkanes) is 2. The maximum absolute atomic E-state index is 5.82. The molecule has 1 atom stereocenters. The van der Waals surface area contributed by atoms with Crippen LogP contribution in [0.3, 0.4) is 0 Å². The first kappa shape index (κ1) is 15.9. The molecular formula is C14H25ClN2S. The molecule has 0 N–H and O–H groups in total. The molecule has 0 bridgehead atoms. The van der Waals surface area contributed by atoms with Gasteiger partial charge in [-0.3, -0.25) is 4.90 Å². The molecule has 2 nitrogen and oxygen atoms in total. The molecule has 1 heterocycles. The fourth-order valence-corrected chi connectivity index (χ4v) is 3.28. The number of alkyl halides is 1. The Morgan fingerprint density at radius 3 is 2.56 bits per heavy atom. The molecule has 0 aliphatic carbocycles. The minimum Gasteiger partial charge on any atom is -0.292 e. The lowest BCUT2D eigenvalue weighted by molar-refractivity contribution is 0.161. The molecule has 0 spiro atoms. The zero-order chi connectivity index (χ0) is 13.5. The highest BCUT2D eigenvalue weighted by Gasteiger charge is 2.20. The largest absolute Gasteiger partial charge is 0.292 e. The van der Waals surface area contributed by atoms with Gasteiger partial charge in [0.15, 0.2) is 0 Å². The van der Waals surface area contributed by atoms with Gasteiger partial charge in [0.25, 0.3) is 0 Å². The topological polar surface area (TPSA) is 16.1 Å². The summed E-state index contributed by atoms with van der Waals surface area (Å²) < 4.78 is 0.